The van der Waals surface area contributed by atoms with Crippen molar-refractivity contribution in [1.82, 2.24) is 9.80 Å². The van der Waals surface area contributed by atoms with Gasteiger partial charge in [-0.3, -0.25) is 9.69 Å². The van der Waals surface area contributed by atoms with Crippen molar-refractivity contribution in [3.8, 4) is 5.75 Å². The number of carbonyl (C=O) groups excluding carboxylic acids is 1. The quantitative estimate of drug-likeness (QED) is 0.826. The average Bonchev–Trinajstić information content (AvgIpc) is 3.30. The van der Waals surface area contributed by atoms with Gasteiger partial charge in [0.05, 0.1) is 5.92 Å². The first-order valence-electron chi connectivity index (χ1n) is 9.04. The van der Waals surface area contributed by atoms with Gasteiger partial charge in [0, 0.05) is 31.1 Å². The number of rotatable bonds is 5. The lowest BCUT2D eigenvalue weighted by Crippen LogP contribution is -2.40. The molecule has 4 nitrogen and oxygen atoms in total. The van der Waals surface area contributed by atoms with E-state index in [0.29, 0.717) is 12.5 Å². The lowest BCUT2D eigenvalue weighted by molar-refractivity contribution is -0.136. The van der Waals surface area contributed by atoms with Crippen LogP contribution < -0.4 is 4.74 Å². The summed E-state index contributed by atoms with van der Waals surface area (Å²) in [5.41, 5.74) is 1.34. The van der Waals surface area contributed by atoms with E-state index in [9.17, 15) is 4.79 Å². The number of nitrogens with zero attached hydrogens (tertiary/aromatic N) is 2. The molecule has 1 unspecified atom stereocenters. The maximum absolute atomic E-state index is 12.8. The fourth-order valence-electron chi connectivity index (χ4n) is 3.74. The molecule has 1 aromatic heterocycles. The number of ether oxygens (including phenoxy) is 1. The van der Waals surface area contributed by atoms with Crippen molar-refractivity contribution in [2.75, 3.05) is 32.8 Å². The van der Waals surface area contributed by atoms with Gasteiger partial charge in [0.25, 0.3) is 0 Å². The fraction of sp³-hybridized carbons (Fsp3) is 0.450. The van der Waals surface area contributed by atoms with E-state index in [2.05, 4.69) is 21.2 Å². The number of hydrogen-bond donors (Lipinski definition) is 0. The van der Waals surface area contributed by atoms with Crippen LogP contribution >= 0.6 is 11.3 Å². The third-order valence-corrected chi connectivity index (χ3v) is 6.18. The van der Waals surface area contributed by atoms with Crippen molar-refractivity contribution < 1.29 is 9.53 Å². The Labute approximate surface area is 153 Å². The first-order valence-corrected chi connectivity index (χ1v) is 9.92. The molecule has 2 aliphatic rings. The Kier molecular flexibility index (Phi) is 5.04. The molecule has 132 valence electrons. The maximum Gasteiger partial charge on any atom is 0.227 e. The molecule has 0 saturated carbocycles. The molecule has 3 heterocycles. The number of para-hydroxylation sites is 1. The summed E-state index contributed by atoms with van der Waals surface area (Å²) < 4.78 is 5.77. The number of likely N-dealkylation sites (tertiary alicyclic amines) is 1. The molecule has 2 aliphatic heterocycles. The van der Waals surface area contributed by atoms with Crippen molar-refractivity contribution >= 4 is 17.2 Å². The lowest BCUT2D eigenvalue weighted by atomic mass is 10.0. The third kappa shape index (κ3) is 3.88. The molecular formula is C20H24N2O2S. The van der Waals surface area contributed by atoms with Crippen LogP contribution in [0.3, 0.4) is 0 Å². The summed E-state index contributed by atoms with van der Waals surface area (Å²) in [4.78, 5) is 18.7. The highest BCUT2D eigenvalue weighted by atomic mass is 32.1. The Morgan fingerprint density at radius 3 is 2.96 bits per heavy atom. The average molecular weight is 356 g/mol. The predicted molar refractivity (Wildman–Crippen MR) is 99.9 cm³/mol. The van der Waals surface area contributed by atoms with Gasteiger partial charge in [0.2, 0.25) is 5.91 Å². The van der Waals surface area contributed by atoms with Gasteiger partial charge in [-0.2, -0.15) is 0 Å². The zero-order chi connectivity index (χ0) is 17.1. The topological polar surface area (TPSA) is 32.8 Å². The predicted octanol–water partition coefficient (Wildman–Crippen LogP) is 3.03. The van der Waals surface area contributed by atoms with Crippen LogP contribution in [0.2, 0.25) is 0 Å². The maximum atomic E-state index is 12.8. The summed E-state index contributed by atoms with van der Waals surface area (Å²) in [5, 5.41) is 2.14. The minimum absolute atomic E-state index is 0.150. The number of amides is 1. The van der Waals surface area contributed by atoms with Crippen LogP contribution in [0, 0.1) is 5.92 Å². The minimum atomic E-state index is 0.150. The van der Waals surface area contributed by atoms with Gasteiger partial charge in [-0.15, -0.1) is 11.3 Å². The van der Waals surface area contributed by atoms with E-state index in [1.807, 2.05) is 41.7 Å². The molecule has 0 aliphatic carbocycles. The first-order chi connectivity index (χ1) is 12.3. The Bertz CT molecular complexity index is 715. The van der Waals surface area contributed by atoms with Crippen LogP contribution in [-0.2, 0) is 17.8 Å². The first kappa shape index (κ1) is 16.6. The molecule has 1 fully saturated rings. The number of fused-ring (bicyclic) bond motifs is 1. The summed E-state index contributed by atoms with van der Waals surface area (Å²) in [6.45, 7) is 5.08. The highest BCUT2D eigenvalue weighted by molar-refractivity contribution is 7.10. The summed E-state index contributed by atoms with van der Waals surface area (Å²) in [6, 6.07) is 12.1. The SMILES string of the molecule is O=C(C1CCN(CCOc2ccccc2)C1)N1CCc2sccc2C1. The Morgan fingerprint density at radius 1 is 1.20 bits per heavy atom. The van der Waals surface area contributed by atoms with Crippen LogP contribution in [0.25, 0.3) is 0 Å². The van der Waals surface area contributed by atoms with Crippen molar-refractivity contribution in [1.29, 1.82) is 0 Å². The van der Waals surface area contributed by atoms with Crippen molar-refractivity contribution in [3.05, 3.63) is 52.2 Å². The normalized spacial score (nSPS) is 20.5. The van der Waals surface area contributed by atoms with Gasteiger partial charge < -0.3 is 9.64 Å². The van der Waals surface area contributed by atoms with Gasteiger partial charge >= 0.3 is 0 Å². The lowest BCUT2D eigenvalue weighted by Gasteiger charge is -2.29. The molecule has 1 aromatic carbocycles. The molecule has 0 N–H and O–H groups in total. The second-order valence-corrected chi connectivity index (χ2v) is 7.83. The summed E-state index contributed by atoms with van der Waals surface area (Å²) in [5.74, 6) is 1.40. The molecule has 0 spiro atoms. The zero-order valence-corrected chi connectivity index (χ0v) is 15.2. The standard InChI is InChI=1S/C20H24N2O2S/c23-20(22-10-7-19-16(15-22)8-13-25-19)17-6-9-21(14-17)11-12-24-18-4-2-1-3-5-18/h1-5,8,13,17H,6-7,9-12,14-15H2. The van der Waals surface area contributed by atoms with E-state index in [0.717, 1.165) is 51.3 Å². The molecule has 1 atom stereocenters. The summed E-state index contributed by atoms with van der Waals surface area (Å²) >= 11 is 1.82. The Balaban J connectivity index is 1.24. The molecular weight excluding hydrogens is 332 g/mol. The summed E-state index contributed by atoms with van der Waals surface area (Å²) in [7, 11) is 0. The second-order valence-electron chi connectivity index (χ2n) is 6.83. The van der Waals surface area contributed by atoms with E-state index in [-0.39, 0.29) is 5.92 Å². The van der Waals surface area contributed by atoms with Gasteiger partial charge in [0.1, 0.15) is 12.4 Å². The number of benzene rings is 1. The Morgan fingerprint density at radius 2 is 2.08 bits per heavy atom. The fourth-order valence-corrected chi connectivity index (χ4v) is 4.63. The summed E-state index contributed by atoms with van der Waals surface area (Å²) in [6.07, 6.45) is 1.98. The van der Waals surface area contributed by atoms with E-state index in [1.54, 1.807) is 0 Å². The smallest absolute Gasteiger partial charge is 0.227 e. The largest absolute Gasteiger partial charge is 0.492 e. The Hall–Kier alpha value is -1.85. The molecule has 25 heavy (non-hydrogen) atoms. The number of carbonyl (C=O) groups is 1. The van der Waals surface area contributed by atoms with Crippen LogP contribution in [0.1, 0.15) is 16.9 Å². The van der Waals surface area contributed by atoms with Crippen molar-refractivity contribution in [2.45, 2.75) is 19.4 Å². The highest BCUT2D eigenvalue weighted by Gasteiger charge is 2.32. The van der Waals surface area contributed by atoms with Gasteiger partial charge in [-0.05, 0) is 48.5 Å². The van der Waals surface area contributed by atoms with Gasteiger partial charge in [0.15, 0.2) is 0 Å². The third-order valence-electron chi connectivity index (χ3n) is 5.16. The van der Waals surface area contributed by atoms with Crippen LogP contribution in [0.5, 0.6) is 5.75 Å². The van der Waals surface area contributed by atoms with E-state index >= 15 is 0 Å². The molecule has 1 saturated heterocycles. The van der Waals surface area contributed by atoms with Crippen LogP contribution in [0.4, 0.5) is 0 Å². The second kappa shape index (κ2) is 7.58. The number of thiophene rings is 1. The van der Waals surface area contributed by atoms with Gasteiger partial charge in [-0.1, -0.05) is 18.2 Å². The van der Waals surface area contributed by atoms with Gasteiger partial charge in [-0.25, -0.2) is 0 Å². The van der Waals surface area contributed by atoms with E-state index in [4.69, 9.17) is 4.74 Å². The monoisotopic (exact) mass is 356 g/mol. The zero-order valence-electron chi connectivity index (χ0n) is 14.4. The molecule has 0 bridgehead atoms. The van der Waals surface area contributed by atoms with E-state index < -0.39 is 0 Å². The minimum Gasteiger partial charge on any atom is -0.492 e. The number of hydrogen-bond acceptors (Lipinski definition) is 4. The van der Waals surface area contributed by atoms with Crippen LogP contribution in [0.15, 0.2) is 41.8 Å². The van der Waals surface area contributed by atoms with Crippen molar-refractivity contribution in [2.24, 2.45) is 5.92 Å². The van der Waals surface area contributed by atoms with Crippen molar-refractivity contribution in [3.63, 3.8) is 0 Å². The van der Waals surface area contributed by atoms with Crippen LogP contribution in [-0.4, -0.2) is 48.5 Å². The molecule has 2 aromatic rings. The molecule has 0 radical (unpaired) electrons. The molecule has 5 heteroatoms. The highest BCUT2D eigenvalue weighted by Crippen LogP contribution is 2.27. The molecule has 1 amide bonds. The van der Waals surface area contributed by atoms with E-state index in [1.165, 1.54) is 10.4 Å². The molecule has 4 rings (SSSR count).